The molecular formula is C23H38N8O5. The number of carbonyl (C=O) groups is 4. The number of rotatable bonds is 17. The molecule has 0 fully saturated rings. The Balaban J connectivity index is 2.63. The first-order valence-corrected chi connectivity index (χ1v) is 11.8. The van der Waals surface area contributed by atoms with Crippen LogP contribution in [-0.4, -0.2) is 72.5 Å². The van der Waals surface area contributed by atoms with Gasteiger partial charge in [-0.25, -0.2) is 4.79 Å². The number of carbonyl (C=O) groups excluding carboxylic acids is 3. The fraction of sp³-hybridized carbons (Fsp3) is 0.522. The molecule has 0 saturated heterocycles. The van der Waals surface area contributed by atoms with Crippen molar-refractivity contribution >= 4 is 29.7 Å². The van der Waals surface area contributed by atoms with Gasteiger partial charge in [-0.05, 0) is 50.6 Å². The standard InChI is InChI=1S/C23H38N8O5/c24-11-5-4-9-17(31-20(33)16(25)13-15-7-2-1-3-8-15)21(34)29-14-19(32)30-18(22(35)36)10-6-12-28-23(26)27/h1-3,7-8,16-18H,4-6,9-14,24-25H2,(H,29,34)(H,30,32)(H,31,33)(H,35,36)(H4,26,27,28). The van der Waals surface area contributed by atoms with Gasteiger partial charge < -0.3 is 44.0 Å². The summed E-state index contributed by atoms with van der Waals surface area (Å²) < 4.78 is 0. The Hall–Kier alpha value is -3.71. The van der Waals surface area contributed by atoms with Crippen LogP contribution < -0.4 is 38.9 Å². The molecule has 12 N–H and O–H groups in total. The smallest absolute Gasteiger partial charge is 0.326 e. The Labute approximate surface area is 210 Å². The van der Waals surface area contributed by atoms with Crippen molar-refractivity contribution in [2.75, 3.05) is 19.6 Å². The number of benzene rings is 1. The molecule has 0 spiro atoms. The van der Waals surface area contributed by atoms with E-state index in [1.807, 2.05) is 30.3 Å². The van der Waals surface area contributed by atoms with Crippen molar-refractivity contribution in [3.8, 4) is 0 Å². The van der Waals surface area contributed by atoms with Gasteiger partial charge in [0.15, 0.2) is 5.96 Å². The van der Waals surface area contributed by atoms with Crippen LogP contribution in [0.2, 0.25) is 0 Å². The molecule has 0 radical (unpaired) electrons. The van der Waals surface area contributed by atoms with Crippen molar-refractivity contribution in [3.05, 3.63) is 35.9 Å². The number of guanidine groups is 1. The average Bonchev–Trinajstić information content (AvgIpc) is 2.84. The number of carboxylic acids is 1. The van der Waals surface area contributed by atoms with E-state index >= 15 is 0 Å². The molecule has 0 aliphatic carbocycles. The SMILES string of the molecule is NCCCCC(NC(=O)C(N)Cc1ccccc1)C(=O)NCC(=O)NC(CCCN=C(N)N)C(=O)O. The van der Waals surface area contributed by atoms with E-state index < -0.39 is 48.4 Å². The molecule has 0 aliphatic rings. The first kappa shape index (κ1) is 30.3. The van der Waals surface area contributed by atoms with Crippen LogP contribution in [0.1, 0.15) is 37.7 Å². The number of aliphatic carboxylic acids is 1. The summed E-state index contributed by atoms with van der Waals surface area (Å²) in [7, 11) is 0. The van der Waals surface area contributed by atoms with Gasteiger partial charge in [0.2, 0.25) is 17.7 Å². The lowest BCUT2D eigenvalue weighted by Gasteiger charge is -2.21. The van der Waals surface area contributed by atoms with Gasteiger partial charge in [-0.3, -0.25) is 19.4 Å². The minimum Gasteiger partial charge on any atom is -0.480 e. The minimum atomic E-state index is -1.22. The summed E-state index contributed by atoms with van der Waals surface area (Å²) in [4.78, 5) is 52.7. The largest absolute Gasteiger partial charge is 0.480 e. The molecule has 1 aromatic carbocycles. The van der Waals surface area contributed by atoms with Gasteiger partial charge in [0, 0.05) is 6.54 Å². The first-order chi connectivity index (χ1) is 17.1. The highest BCUT2D eigenvalue weighted by Gasteiger charge is 2.25. The summed E-state index contributed by atoms with van der Waals surface area (Å²) in [5.41, 5.74) is 22.9. The number of nitrogens with zero attached hydrogens (tertiary/aromatic N) is 1. The van der Waals surface area contributed by atoms with Crippen LogP contribution in [0.5, 0.6) is 0 Å². The highest BCUT2D eigenvalue weighted by Crippen LogP contribution is 2.05. The number of hydrogen-bond donors (Lipinski definition) is 8. The summed E-state index contributed by atoms with van der Waals surface area (Å²) in [6.45, 7) is 0.184. The zero-order valence-electron chi connectivity index (χ0n) is 20.3. The topological polar surface area (TPSA) is 241 Å². The van der Waals surface area contributed by atoms with Crippen LogP contribution >= 0.6 is 0 Å². The Morgan fingerprint density at radius 3 is 2.19 bits per heavy atom. The lowest BCUT2D eigenvalue weighted by Crippen LogP contribution is -2.53. The van der Waals surface area contributed by atoms with E-state index in [0.29, 0.717) is 38.6 Å². The zero-order chi connectivity index (χ0) is 26.9. The fourth-order valence-corrected chi connectivity index (χ4v) is 3.30. The maximum absolute atomic E-state index is 12.7. The van der Waals surface area contributed by atoms with E-state index in [4.69, 9.17) is 22.9 Å². The molecule has 200 valence electrons. The molecule has 0 aliphatic heterocycles. The van der Waals surface area contributed by atoms with E-state index in [1.165, 1.54) is 0 Å². The highest BCUT2D eigenvalue weighted by molar-refractivity contribution is 5.92. The predicted molar refractivity (Wildman–Crippen MR) is 135 cm³/mol. The van der Waals surface area contributed by atoms with Crippen molar-refractivity contribution in [1.82, 2.24) is 16.0 Å². The molecule has 0 bridgehead atoms. The summed E-state index contributed by atoms with van der Waals surface area (Å²) >= 11 is 0. The molecule has 3 amide bonds. The number of hydrogen-bond acceptors (Lipinski definition) is 7. The molecule has 1 aromatic rings. The number of unbranched alkanes of at least 4 members (excludes halogenated alkanes) is 1. The Morgan fingerprint density at radius 2 is 1.58 bits per heavy atom. The van der Waals surface area contributed by atoms with Crippen LogP contribution in [0.4, 0.5) is 0 Å². The summed E-state index contributed by atoms with van der Waals surface area (Å²) in [5, 5.41) is 16.8. The number of amides is 3. The van der Waals surface area contributed by atoms with Crippen LogP contribution in [0.3, 0.4) is 0 Å². The normalized spacial score (nSPS) is 13.1. The number of nitrogens with one attached hydrogen (secondary N) is 3. The predicted octanol–water partition coefficient (Wildman–Crippen LogP) is -2.09. The molecule has 13 heteroatoms. The summed E-state index contributed by atoms with van der Waals surface area (Å²) in [6.07, 6.45) is 2.26. The maximum atomic E-state index is 12.7. The molecule has 1 rings (SSSR count). The van der Waals surface area contributed by atoms with Gasteiger partial charge in [0.1, 0.15) is 12.1 Å². The monoisotopic (exact) mass is 506 g/mol. The van der Waals surface area contributed by atoms with Crippen LogP contribution in [-0.2, 0) is 25.6 Å². The lowest BCUT2D eigenvalue weighted by molar-refractivity contribution is -0.142. The first-order valence-electron chi connectivity index (χ1n) is 11.8. The van der Waals surface area contributed by atoms with Crippen LogP contribution in [0.15, 0.2) is 35.3 Å². The third-order valence-corrected chi connectivity index (χ3v) is 5.22. The molecule has 0 aromatic heterocycles. The van der Waals surface area contributed by atoms with E-state index in [-0.39, 0.29) is 18.9 Å². The van der Waals surface area contributed by atoms with E-state index in [1.54, 1.807) is 0 Å². The van der Waals surface area contributed by atoms with Crippen molar-refractivity contribution in [1.29, 1.82) is 0 Å². The Bertz CT molecular complexity index is 877. The van der Waals surface area contributed by atoms with Gasteiger partial charge >= 0.3 is 5.97 Å². The van der Waals surface area contributed by atoms with Crippen molar-refractivity contribution in [2.45, 2.75) is 56.7 Å². The second-order valence-electron chi connectivity index (χ2n) is 8.27. The van der Waals surface area contributed by atoms with E-state index in [0.717, 1.165) is 5.56 Å². The summed E-state index contributed by atoms with van der Waals surface area (Å²) in [5.74, 6) is -3.10. The molecule has 36 heavy (non-hydrogen) atoms. The molecule has 0 saturated carbocycles. The Kier molecular flexibility index (Phi) is 14.2. The minimum absolute atomic E-state index is 0.100. The number of nitrogens with two attached hydrogens (primary N) is 4. The van der Waals surface area contributed by atoms with Gasteiger partial charge in [-0.2, -0.15) is 0 Å². The fourth-order valence-electron chi connectivity index (χ4n) is 3.30. The molecule has 0 heterocycles. The van der Waals surface area contributed by atoms with Crippen molar-refractivity contribution < 1.29 is 24.3 Å². The zero-order valence-corrected chi connectivity index (χ0v) is 20.3. The number of carboxylic acid groups (broad SMARTS) is 1. The second kappa shape index (κ2) is 16.8. The molecular weight excluding hydrogens is 468 g/mol. The van der Waals surface area contributed by atoms with Crippen molar-refractivity contribution in [3.63, 3.8) is 0 Å². The van der Waals surface area contributed by atoms with Crippen molar-refractivity contribution in [2.24, 2.45) is 27.9 Å². The third-order valence-electron chi connectivity index (χ3n) is 5.22. The molecule has 3 unspecified atom stereocenters. The lowest BCUT2D eigenvalue weighted by atomic mass is 10.0. The molecule has 3 atom stereocenters. The van der Waals surface area contributed by atoms with Gasteiger partial charge in [-0.1, -0.05) is 30.3 Å². The highest BCUT2D eigenvalue weighted by atomic mass is 16.4. The third kappa shape index (κ3) is 12.7. The molecule has 13 nitrogen and oxygen atoms in total. The quantitative estimate of drug-likeness (QED) is 0.0655. The van der Waals surface area contributed by atoms with Gasteiger partial charge in [-0.15, -0.1) is 0 Å². The summed E-state index contributed by atoms with van der Waals surface area (Å²) in [6, 6.07) is 6.28. The second-order valence-corrected chi connectivity index (χ2v) is 8.27. The van der Waals surface area contributed by atoms with Gasteiger partial charge in [0.25, 0.3) is 0 Å². The Morgan fingerprint density at radius 1 is 0.917 bits per heavy atom. The van der Waals surface area contributed by atoms with E-state index in [9.17, 15) is 24.3 Å². The number of aliphatic imine (C=N–C) groups is 1. The van der Waals surface area contributed by atoms with E-state index in [2.05, 4.69) is 20.9 Å². The van der Waals surface area contributed by atoms with Crippen LogP contribution in [0, 0.1) is 0 Å². The van der Waals surface area contributed by atoms with Gasteiger partial charge in [0.05, 0.1) is 12.6 Å². The van der Waals surface area contributed by atoms with Crippen LogP contribution in [0.25, 0.3) is 0 Å². The average molecular weight is 507 g/mol. The maximum Gasteiger partial charge on any atom is 0.326 e.